The molecular formula is C16H20N2O2. The highest BCUT2D eigenvalue weighted by atomic mass is 16.2. The van der Waals surface area contributed by atoms with E-state index < -0.39 is 0 Å². The molecule has 0 aromatic heterocycles. The van der Waals surface area contributed by atoms with Crippen molar-refractivity contribution < 1.29 is 9.59 Å². The Balaban J connectivity index is 1.94. The number of hydrogen-bond acceptors (Lipinski definition) is 2. The molecule has 0 spiro atoms. The molecule has 20 heavy (non-hydrogen) atoms. The zero-order valence-electron chi connectivity index (χ0n) is 12.0. The first-order chi connectivity index (χ1) is 9.49. The van der Waals surface area contributed by atoms with Crippen LogP contribution in [0, 0.1) is 11.3 Å². The molecule has 2 aliphatic rings. The molecule has 1 fully saturated rings. The molecule has 1 atom stereocenters. The van der Waals surface area contributed by atoms with E-state index in [1.165, 1.54) is 0 Å². The molecule has 1 N–H and O–H groups in total. The number of nitrogens with zero attached hydrogens (tertiary/aromatic N) is 1. The van der Waals surface area contributed by atoms with Crippen molar-refractivity contribution in [2.24, 2.45) is 11.3 Å². The van der Waals surface area contributed by atoms with E-state index in [2.05, 4.69) is 19.2 Å². The first-order valence-corrected chi connectivity index (χ1v) is 7.19. The number of carbonyl (C=O) groups excluding carboxylic acids is 2. The Morgan fingerprint density at radius 2 is 2.10 bits per heavy atom. The molecule has 0 saturated heterocycles. The van der Waals surface area contributed by atoms with Crippen LogP contribution in [-0.4, -0.2) is 18.4 Å². The van der Waals surface area contributed by atoms with Crippen molar-refractivity contribution in [1.29, 1.82) is 0 Å². The molecule has 1 aliphatic heterocycles. The maximum Gasteiger partial charge on any atom is 0.244 e. The van der Waals surface area contributed by atoms with Gasteiger partial charge in [-0.3, -0.25) is 9.59 Å². The van der Waals surface area contributed by atoms with Crippen molar-refractivity contribution >= 4 is 23.2 Å². The number of anilines is 2. The van der Waals surface area contributed by atoms with Gasteiger partial charge in [0.2, 0.25) is 11.8 Å². The van der Waals surface area contributed by atoms with Gasteiger partial charge in [-0.2, -0.15) is 0 Å². The Morgan fingerprint density at radius 1 is 1.35 bits per heavy atom. The lowest BCUT2D eigenvalue weighted by molar-refractivity contribution is -0.126. The third-order valence-electron chi connectivity index (χ3n) is 4.59. The molecule has 3 rings (SSSR count). The van der Waals surface area contributed by atoms with E-state index in [-0.39, 0.29) is 29.7 Å². The molecule has 1 saturated carbocycles. The number of amides is 2. The summed E-state index contributed by atoms with van der Waals surface area (Å²) < 4.78 is 0. The van der Waals surface area contributed by atoms with Gasteiger partial charge in [0.1, 0.15) is 6.54 Å². The molecule has 4 heteroatoms. The largest absolute Gasteiger partial charge is 0.323 e. The van der Waals surface area contributed by atoms with Crippen LogP contribution in [0.15, 0.2) is 24.3 Å². The molecule has 0 radical (unpaired) electrons. The quantitative estimate of drug-likeness (QED) is 0.854. The Kier molecular flexibility index (Phi) is 3.04. The molecule has 1 heterocycles. The standard InChI is InChI=1S/C16H20N2O2/c1-16(2)9-5-6-11(16)15(20)18-10-14(19)17-12-7-3-4-8-13(12)18/h3-4,7-8,11H,5-6,9-10H2,1-2H3,(H,17,19). The molecule has 106 valence electrons. The van der Waals surface area contributed by atoms with Gasteiger partial charge in [0.25, 0.3) is 0 Å². The molecule has 1 aromatic rings. The highest BCUT2D eigenvalue weighted by Crippen LogP contribution is 2.44. The van der Waals surface area contributed by atoms with Gasteiger partial charge in [0.15, 0.2) is 0 Å². The van der Waals surface area contributed by atoms with Gasteiger partial charge in [0, 0.05) is 5.92 Å². The van der Waals surface area contributed by atoms with Crippen molar-refractivity contribution in [3.8, 4) is 0 Å². The second-order valence-electron chi connectivity index (χ2n) is 6.42. The van der Waals surface area contributed by atoms with Crippen LogP contribution in [0.5, 0.6) is 0 Å². The van der Waals surface area contributed by atoms with Crippen molar-refractivity contribution in [3.05, 3.63) is 24.3 Å². The predicted octanol–water partition coefficient (Wildman–Crippen LogP) is 2.80. The van der Waals surface area contributed by atoms with Gasteiger partial charge < -0.3 is 10.2 Å². The fourth-order valence-electron chi connectivity index (χ4n) is 3.40. The molecule has 1 aromatic carbocycles. The van der Waals surface area contributed by atoms with Gasteiger partial charge in [-0.15, -0.1) is 0 Å². The lowest BCUT2D eigenvalue weighted by atomic mass is 9.81. The van der Waals surface area contributed by atoms with E-state index in [0.717, 1.165) is 30.6 Å². The normalized spacial score (nSPS) is 24.2. The topological polar surface area (TPSA) is 49.4 Å². The smallest absolute Gasteiger partial charge is 0.244 e. The lowest BCUT2D eigenvalue weighted by Gasteiger charge is -2.35. The van der Waals surface area contributed by atoms with Gasteiger partial charge >= 0.3 is 0 Å². The van der Waals surface area contributed by atoms with Crippen molar-refractivity contribution in [3.63, 3.8) is 0 Å². The van der Waals surface area contributed by atoms with Crippen molar-refractivity contribution in [2.75, 3.05) is 16.8 Å². The van der Waals surface area contributed by atoms with Crippen LogP contribution in [0.3, 0.4) is 0 Å². The van der Waals surface area contributed by atoms with Crippen molar-refractivity contribution in [2.45, 2.75) is 33.1 Å². The van der Waals surface area contributed by atoms with Crippen LogP contribution in [0.25, 0.3) is 0 Å². The average molecular weight is 272 g/mol. The summed E-state index contributed by atoms with van der Waals surface area (Å²) in [6, 6.07) is 7.50. The Morgan fingerprint density at radius 3 is 2.80 bits per heavy atom. The minimum Gasteiger partial charge on any atom is -0.323 e. The monoisotopic (exact) mass is 272 g/mol. The first-order valence-electron chi connectivity index (χ1n) is 7.19. The summed E-state index contributed by atoms with van der Waals surface area (Å²) in [5.74, 6) is -0.0101. The minimum absolute atomic E-state index is 0.0152. The summed E-state index contributed by atoms with van der Waals surface area (Å²) in [4.78, 5) is 26.3. The zero-order valence-corrected chi connectivity index (χ0v) is 12.0. The van der Waals surface area contributed by atoms with Crippen LogP contribution < -0.4 is 10.2 Å². The number of hydrogen-bond donors (Lipinski definition) is 1. The highest BCUT2D eigenvalue weighted by Gasteiger charge is 2.42. The third-order valence-corrected chi connectivity index (χ3v) is 4.59. The van der Waals surface area contributed by atoms with Crippen LogP contribution in [0.2, 0.25) is 0 Å². The SMILES string of the molecule is CC1(C)CCCC1C(=O)N1CC(=O)Nc2ccccc21. The second-order valence-corrected chi connectivity index (χ2v) is 6.42. The number of rotatable bonds is 1. The molecular weight excluding hydrogens is 252 g/mol. The van der Waals surface area contributed by atoms with Crippen LogP contribution in [0.4, 0.5) is 11.4 Å². The first kappa shape index (κ1) is 13.2. The van der Waals surface area contributed by atoms with E-state index in [1.807, 2.05) is 24.3 Å². The van der Waals surface area contributed by atoms with E-state index in [9.17, 15) is 9.59 Å². The molecule has 4 nitrogen and oxygen atoms in total. The summed E-state index contributed by atoms with van der Waals surface area (Å²) in [6.45, 7) is 4.43. The number of nitrogens with one attached hydrogen (secondary N) is 1. The summed E-state index contributed by atoms with van der Waals surface area (Å²) >= 11 is 0. The zero-order chi connectivity index (χ0) is 14.3. The van der Waals surface area contributed by atoms with E-state index >= 15 is 0 Å². The summed E-state index contributed by atoms with van der Waals surface area (Å²) in [7, 11) is 0. The lowest BCUT2D eigenvalue weighted by Crippen LogP contribution is -2.46. The van der Waals surface area contributed by atoms with Crippen LogP contribution in [0.1, 0.15) is 33.1 Å². The number of fused-ring (bicyclic) bond motifs is 1. The fourth-order valence-corrected chi connectivity index (χ4v) is 3.40. The maximum atomic E-state index is 12.9. The van der Waals surface area contributed by atoms with E-state index in [4.69, 9.17) is 0 Å². The van der Waals surface area contributed by atoms with Crippen LogP contribution >= 0.6 is 0 Å². The average Bonchev–Trinajstić information content (AvgIpc) is 2.76. The Bertz CT molecular complexity index is 565. The highest BCUT2D eigenvalue weighted by molar-refractivity contribution is 6.10. The van der Waals surface area contributed by atoms with E-state index in [1.54, 1.807) is 4.90 Å². The summed E-state index contributed by atoms with van der Waals surface area (Å²) in [6.07, 6.45) is 3.09. The molecule has 2 amide bonds. The van der Waals surface area contributed by atoms with Gasteiger partial charge in [-0.05, 0) is 30.4 Å². The summed E-state index contributed by atoms with van der Waals surface area (Å²) in [5, 5.41) is 2.82. The molecule has 1 unspecified atom stereocenters. The van der Waals surface area contributed by atoms with E-state index in [0.29, 0.717) is 0 Å². The van der Waals surface area contributed by atoms with Crippen LogP contribution in [-0.2, 0) is 9.59 Å². The molecule has 1 aliphatic carbocycles. The Hall–Kier alpha value is -1.84. The second kappa shape index (κ2) is 4.62. The number of benzene rings is 1. The predicted molar refractivity (Wildman–Crippen MR) is 78.5 cm³/mol. The van der Waals surface area contributed by atoms with Gasteiger partial charge in [-0.1, -0.05) is 32.4 Å². The van der Waals surface area contributed by atoms with Gasteiger partial charge in [0.05, 0.1) is 11.4 Å². The Labute approximate surface area is 119 Å². The summed E-state index contributed by atoms with van der Waals surface area (Å²) in [5.41, 5.74) is 1.58. The van der Waals surface area contributed by atoms with Gasteiger partial charge in [-0.25, -0.2) is 0 Å². The van der Waals surface area contributed by atoms with Crippen molar-refractivity contribution in [1.82, 2.24) is 0 Å². The minimum atomic E-state index is -0.118. The fraction of sp³-hybridized carbons (Fsp3) is 0.500. The maximum absolute atomic E-state index is 12.9. The number of para-hydroxylation sites is 2. The number of carbonyl (C=O) groups is 2. The third kappa shape index (κ3) is 2.09. The molecule has 0 bridgehead atoms.